The first-order valence-electron chi connectivity index (χ1n) is 4.71. The Labute approximate surface area is 88.9 Å². The largest absolute Gasteiger partial charge is 0.508 e. The van der Waals surface area contributed by atoms with Crippen LogP contribution in [0.15, 0.2) is 17.1 Å². The van der Waals surface area contributed by atoms with Gasteiger partial charge in [-0.2, -0.15) is 0 Å². The molecule has 0 atom stereocenters. The maximum absolute atomic E-state index is 9.50. The van der Waals surface area contributed by atoms with Crippen LogP contribution in [-0.2, 0) is 4.74 Å². The van der Waals surface area contributed by atoms with Gasteiger partial charge in [0.05, 0.1) is 6.10 Å². The quantitative estimate of drug-likeness (QED) is 0.456. The SMILES string of the molecule is Cc1cc(O)c(N=COC(C)C)cc1O. The van der Waals surface area contributed by atoms with Crippen molar-refractivity contribution in [3.63, 3.8) is 0 Å². The Hall–Kier alpha value is -1.71. The lowest BCUT2D eigenvalue weighted by Gasteiger charge is -2.04. The zero-order valence-electron chi connectivity index (χ0n) is 9.06. The second kappa shape index (κ2) is 4.68. The second-order valence-electron chi connectivity index (χ2n) is 3.55. The Morgan fingerprint density at radius 2 is 1.93 bits per heavy atom. The normalized spacial score (nSPS) is 11.2. The van der Waals surface area contributed by atoms with Gasteiger partial charge in [-0.1, -0.05) is 0 Å². The van der Waals surface area contributed by atoms with Crippen LogP contribution in [0, 0.1) is 6.92 Å². The van der Waals surface area contributed by atoms with Crippen LogP contribution in [-0.4, -0.2) is 22.7 Å². The van der Waals surface area contributed by atoms with Crippen LogP contribution in [0.3, 0.4) is 0 Å². The van der Waals surface area contributed by atoms with Crippen LogP contribution in [0.2, 0.25) is 0 Å². The van der Waals surface area contributed by atoms with E-state index in [9.17, 15) is 10.2 Å². The maximum Gasteiger partial charge on any atom is 0.175 e. The van der Waals surface area contributed by atoms with Crippen molar-refractivity contribution in [1.82, 2.24) is 0 Å². The van der Waals surface area contributed by atoms with Crippen molar-refractivity contribution in [2.45, 2.75) is 26.9 Å². The van der Waals surface area contributed by atoms with E-state index in [1.807, 2.05) is 13.8 Å². The third-order valence-corrected chi connectivity index (χ3v) is 1.82. The number of phenols is 2. The van der Waals surface area contributed by atoms with Crippen molar-refractivity contribution >= 4 is 12.1 Å². The topological polar surface area (TPSA) is 62.1 Å². The summed E-state index contributed by atoms with van der Waals surface area (Å²) in [5.74, 6) is 0.124. The minimum Gasteiger partial charge on any atom is -0.508 e. The van der Waals surface area contributed by atoms with E-state index in [0.717, 1.165) is 0 Å². The molecule has 0 unspecified atom stereocenters. The van der Waals surface area contributed by atoms with Gasteiger partial charge in [0.1, 0.15) is 17.2 Å². The van der Waals surface area contributed by atoms with E-state index in [4.69, 9.17) is 4.74 Å². The fourth-order valence-corrected chi connectivity index (χ4v) is 0.983. The van der Waals surface area contributed by atoms with Crippen molar-refractivity contribution in [1.29, 1.82) is 0 Å². The monoisotopic (exact) mass is 209 g/mol. The molecule has 1 aromatic carbocycles. The van der Waals surface area contributed by atoms with E-state index >= 15 is 0 Å². The van der Waals surface area contributed by atoms with E-state index in [0.29, 0.717) is 11.3 Å². The molecule has 2 N–H and O–H groups in total. The highest BCUT2D eigenvalue weighted by atomic mass is 16.5. The highest BCUT2D eigenvalue weighted by Gasteiger charge is 2.04. The fourth-order valence-electron chi connectivity index (χ4n) is 0.983. The first-order chi connectivity index (χ1) is 7.00. The van der Waals surface area contributed by atoms with Crippen LogP contribution in [0.25, 0.3) is 0 Å². The molecule has 0 bridgehead atoms. The number of phenolic OH excluding ortho intramolecular Hbond substituents is 2. The molecule has 0 aliphatic carbocycles. The molecule has 0 saturated carbocycles. The van der Waals surface area contributed by atoms with Crippen molar-refractivity contribution in [3.8, 4) is 11.5 Å². The molecule has 1 rings (SSSR count). The Balaban J connectivity index is 2.86. The molecule has 0 fully saturated rings. The van der Waals surface area contributed by atoms with E-state index in [-0.39, 0.29) is 17.6 Å². The molecule has 0 aliphatic heterocycles. The predicted molar refractivity (Wildman–Crippen MR) is 58.9 cm³/mol. The van der Waals surface area contributed by atoms with Gasteiger partial charge in [-0.05, 0) is 32.4 Å². The Bertz CT molecular complexity index is 372. The third kappa shape index (κ3) is 3.16. The summed E-state index contributed by atoms with van der Waals surface area (Å²) in [6.07, 6.45) is 1.30. The molecule has 82 valence electrons. The summed E-state index contributed by atoms with van der Waals surface area (Å²) in [6.45, 7) is 5.45. The summed E-state index contributed by atoms with van der Waals surface area (Å²) in [5.41, 5.74) is 0.898. The van der Waals surface area contributed by atoms with Gasteiger partial charge in [0.25, 0.3) is 0 Å². The van der Waals surface area contributed by atoms with Crippen molar-refractivity contribution in [2.24, 2.45) is 4.99 Å². The van der Waals surface area contributed by atoms with Gasteiger partial charge in [0.15, 0.2) is 6.40 Å². The van der Waals surface area contributed by atoms with Gasteiger partial charge in [0, 0.05) is 6.07 Å². The zero-order valence-corrected chi connectivity index (χ0v) is 9.06. The summed E-state index contributed by atoms with van der Waals surface area (Å²) < 4.78 is 5.09. The number of ether oxygens (including phenoxy) is 1. The average Bonchev–Trinajstić information content (AvgIpc) is 2.13. The van der Waals surface area contributed by atoms with Crippen LogP contribution >= 0.6 is 0 Å². The Kier molecular flexibility index (Phi) is 3.55. The Morgan fingerprint density at radius 3 is 2.53 bits per heavy atom. The van der Waals surface area contributed by atoms with Crippen LogP contribution < -0.4 is 0 Å². The molecule has 0 aliphatic rings. The first kappa shape index (κ1) is 11.4. The summed E-state index contributed by atoms with van der Waals surface area (Å²) in [4.78, 5) is 3.89. The fraction of sp³-hybridized carbons (Fsp3) is 0.364. The van der Waals surface area contributed by atoms with Gasteiger partial charge < -0.3 is 14.9 Å². The average molecular weight is 209 g/mol. The summed E-state index contributed by atoms with van der Waals surface area (Å²) in [6, 6.07) is 2.85. The molecule has 4 heteroatoms. The molecule has 0 heterocycles. The van der Waals surface area contributed by atoms with Crippen LogP contribution in [0.1, 0.15) is 19.4 Å². The highest BCUT2D eigenvalue weighted by molar-refractivity contribution is 5.64. The lowest BCUT2D eigenvalue weighted by Crippen LogP contribution is -1.98. The molecule has 0 aromatic heterocycles. The number of aryl methyl sites for hydroxylation is 1. The molecule has 4 nitrogen and oxygen atoms in total. The zero-order chi connectivity index (χ0) is 11.4. The summed E-state index contributed by atoms with van der Waals surface area (Å²) >= 11 is 0. The molecule has 0 spiro atoms. The molecule has 0 amide bonds. The minimum atomic E-state index is 0.0221. The van der Waals surface area contributed by atoms with Gasteiger partial charge in [-0.25, -0.2) is 4.99 Å². The number of hydrogen-bond donors (Lipinski definition) is 2. The first-order valence-corrected chi connectivity index (χ1v) is 4.71. The van der Waals surface area contributed by atoms with Crippen molar-refractivity contribution in [3.05, 3.63) is 17.7 Å². The lowest BCUT2D eigenvalue weighted by molar-refractivity contribution is 0.241. The maximum atomic E-state index is 9.50. The molecular weight excluding hydrogens is 194 g/mol. The number of rotatable bonds is 3. The highest BCUT2D eigenvalue weighted by Crippen LogP contribution is 2.32. The number of aliphatic imine (C=N–C) groups is 1. The van der Waals surface area contributed by atoms with E-state index in [2.05, 4.69) is 4.99 Å². The van der Waals surface area contributed by atoms with E-state index < -0.39 is 0 Å². The smallest absolute Gasteiger partial charge is 0.175 e. The number of hydrogen-bond acceptors (Lipinski definition) is 4. The van der Waals surface area contributed by atoms with E-state index in [1.165, 1.54) is 18.5 Å². The van der Waals surface area contributed by atoms with Gasteiger partial charge in [0.2, 0.25) is 0 Å². The number of nitrogens with zero attached hydrogens (tertiary/aromatic N) is 1. The summed E-state index contributed by atoms with van der Waals surface area (Å²) in [5, 5.41) is 18.9. The molecule has 1 aromatic rings. The number of aromatic hydroxyl groups is 2. The van der Waals surface area contributed by atoms with Gasteiger partial charge >= 0.3 is 0 Å². The molecule has 0 saturated heterocycles. The minimum absolute atomic E-state index is 0.0221. The summed E-state index contributed by atoms with van der Waals surface area (Å²) in [7, 11) is 0. The van der Waals surface area contributed by atoms with Crippen molar-refractivity contribution < 1.29 is 14.9 Å². The lowest BCUT2D eigenvalue weighted by atomic mass is 10.2. The van der Waals surface area contributed by atoms with E-state index in [1.54, 1.807) is 6.92 Å². The van der Waals surface area contributed by atoms with Crippen molar-refractivity contribution in [2.75, 3.05) is 0 Å². The molecule has 15 heavy (non-hydrogen) atoms. The third-order valence-electron chi connectivity index (χ3n) is 1.82. The van der Waals surface area contributed by atoms with Crippen LogP contribution in [0.4, 0.5) is 5.69 Å². The van der Waals surface area contributed by atoms with Gasteiger partial charge in [-0.15, -0.1) is 0 Å². The predicted octanol–water partition coefficient (Wildman–Crippen LogP) is 2.49. The number of benzene rings is 1. The molecular formula is C11H15NO3. The van der Waals surface area contributed by atoms with Crippen LogP contribution in [0.5, 0.6) is 11.5 Å². The molecule has 0 radical (unpaired) electrons. The Morgan fingerprint density at radius 1 is 1.27 bits per heavy atom. The second-order valence-corrected chi connectivity index (χ2v) is 3.55. The van der Waals surface area contributed by atoms with Gasteiger partial charge in [-0.3, -0.25) is 0 Å². The standard InChI is InChI=1S/C11H15NO3/c1-7(2)15-6-12-9-5-10(13)8(3)4-11(9)14/h4-7,13-14H,1-3H3.